The SMILES string of the molecule is C/C=C/COc1cc(C)c(OCCCCCCCCOCC/C(C)=N/OC)c(C)c1. The van der Waals surface area contributed by atoms with Crippen molar-refractivity contribution in [1.82, 2.24) is 0 Å². The average Bonchev–Trinajstić information content (AvgIpc) is 2.71. The first-order chi connectivity index (χ1) is 14.6. The molecule has 5 nitrogen and oxygen atoms in total. The number of aryl methyl sites for hydroxylation is 2. The first-order valence-electron chi connectivity index (χ1n) is 11.2. The zero-order chi connectivity index (χ0) is 22.0. The highest BCUT2D eigenvalue weighted by atomic mass is 16.6. The van der Waals surface area contributed by atoms with Crippen LogP contribution in [-0.2, 0) is 9.57 Å². The maximum atomic E-state index is 6.05. The van der Waals surface area contributed by atoms with Gasteiger partial charge in [0.1, 0.15) is 25.2 Å². The number of unbranched alkanes of at least 4 members (excludes halogenated alkanes) is 5. The Hall–Kier alpha value is -2.01. The van der Waals surface area contributed by atoms with Gasteiger partial charge in [-0.2, -0.15) is 0 Å². The Morgan fingerprint density at radius 2 is 1.53 bits per heavy atom. The predicted molar refractivity (Wildman–Crippen MR) is 125 cm³/mol. The molecule has 0 aromatic heterocycles. The normalized spacial score (nSPS) is 11.8. The minimum Gasteiger partial charge on any atom is -0.493 e. The Kier molecular flexibility index (Phi) is 14.5. The molecule has 0 bridgehead atoms. The van der Waals surface area contributed by atoms with Crippen LogP contribution in [0.15, 0.2) is 29.4 Å². The molecule has 0 amide bonds. The van der Waals surface area contributed by atoms with Gasteiger partial charge >= 0.3 is 0 Å². The molecular weight excluding hydrogens is 378 g/mol. The molecule has 0 unspecified atom stereocenters. The van der Waals surface area contributed by atoms with Crippen LogP contribution in [0.1, 0.15) is 69.9 Å². The van der Waals surface area contributed by atoms with Gasteiger partial charge in [-0.25, -0.2) is 0 Å². The molecule has 0 saturated carbocycles. The van der Waals surface area contributed by atoms with Crippen LogP contribution in [0.3, 0.4) is 0 Å². The van der Waals surface area contributed by atoms with Gasteiger partial charge in [0.15, 0.2) is 0 Å². The second-order valence-electron chi connectivity index (χ2n) is 7.61. The molecule has 0 aliphatic rings. The smallest absolute Gasteiger partial charge is 0.125 e. The second kappa shape index (κ2) is 16.8. The van der Waals surface area contributed by atoms with Gasteiger partial charge in [-0.05, 0) is 63.8 Å². The molecule has 0 fully saturated rings. The van der Waals surface area contributed by atoms with Crippen LogP contribution in [0.4, 0.5) is 0 Å². The molecule has 0 radical (unpaired) electrons. The lowest BCUT2D eigenvalue weighted by Crippen LogP contribution is -2.03. The summed E-state index contributed by atoms with van der Waals surface area (Å²) in [5, 5.41) is 3.87. The van der Waals surface area contributed by atoms with E-state index >= 15 is 0 Å². The van der Waals surface area contributed by atoms with Crippen LogP contribution < -0.4 is 9.47 Å². The highest BCUT2D eigenvalue weighted by Gasteiger charge is 2.07. The number of hydrogen-bond donors (Lipinski definition) is 0. The third-order valence-electron chi connectivity index (χ3n) is 4.80. The molecule has 0 N–H and O–H groups in total. The summed E-state index contributed by atoms with van der Waals surface area (Å²) in [6.45, 7) is 11.0. The number of benzene rings is 1. The molecule has 0 aliphatic heterocycles. The molecule has 0 spiro atoms. The third kappa shape index (κ3) is 11.9. The fourth-order valence-electron chi connectivity index (χ4n) is 3.17. The number of hydrogen-bond acceptors (Lipinski definition) is 5. The van der Waals surface area contributed by atoms with Crippen molar-refractivity contribution < 1.29 is 19.0 Å². The summed E-state index contributed by atoms with van der Waals surface area (Å²) >= 11 is 0. The number of allylic oxidation sites excluding steroid dienone is 1. The van der Waals surface area contributed by atoms with Crippen LogP contribution >= 0.6 is 0 Å². The van der Waals surface area contributed by atoms with Gasteiger partial charge < -0.3 is 19.0 Å². The highest BCUT2D eigenvalue weighted by Crippen LogP contribution is 2.28. The zero-order valence-electron chi connectivity index (χ0n) is 19.7. The standard InChI is InChI=1S/C25H41NO4/c1-6-7-16-29-24-19-21(2)25(22(3)20-24)30-17-13-11-9-8-10-12-15-28-18-14-23(4)26-27-5/h6-7,19-20H,8-18H2,1-5H3/b7-6+,26-23+. The Bertz CT molecular complexity index is 617. The van der Waals surface area contributed by atoms with Crippen LogP contribution in [0.5, 0.6) is 11.5 Å². The van der Waals surface area contributed by atoms with Crippen molar-refractivity contribution in [3.05, 3.63) is 35.4 Å². The molecule has 0 atom stereocenters. The number of ether oxygens (including phenoxy) is 3. The summed E-state index contributed by atoms with van der Waals surface area (Å²) in [6.07, 6.45) is 12.0. The van der Waals surface area contributed by atoms with Crippen LogP contribution in [0.2, 0.25) is 0 Å². The summed E-state index contributed by atoms with van der Waals surface area (Å²) in [5.41, 5.74) is 3.24. The van der Waals surface area contributed by atoms with Gasteiger partial charge in [0, 0.05) is 13.0 Å². The van der Waals surface area contributed by atoms with E-state index in [4.69, 9.17) is 19.0 Å². The number of oxime groups is 1. The maximum Gasteiger partial charge on any atom is 0.125 e. The summed E-state index contributed by atoms with van der Waals surface area (Å²) in [5.74, 6) is 1.90. The zero-order valence-corrected chi connectivity index (χ0v) is 19.7. The van der Waals surface area contributed by atoms with E-state index in [0.29, 0.717) is 6.61 Å². The van der Waals surface area contributed by atoms with E-state index in [9.17, 15) is 0 Å². The van der Waals surface area contributed by atoms with Crippen molar-refractivity contribution in [2.24, 2.45) is 5.16 Å². The van der Waals surface area contributed by atoms with Crippen LogP contribution in [0, 0.1) is 13.8 Å². The number of nitrogens with zero attached hydrogens (tertiary/aromatic N) is 1. The van der Waals surface area contributed by atoms with Gasteiger partial charge in [0.2, 0.25) is 0 Å². The Labute approximate surface area is 183 Å². The van der Waals surface area contributed by atoms with Crippen molar-refractivity contribution in [3.8, 4) is 11.5 Å². The molecule has 1 aromatic rings. The Morgan fingerprint density at radius 1 is 0.900 bits per heavy atom. The average molecular weight is 420 g/mol. The first kappa shape index (κ1) is 26.0. The lowest BCUT2D eigenvalue weighted by atomic mass is 10.1. The summed E-state index contributed by atoms with van der Waals surface area (Å²) < 4.78 is 17.4. The molecule has 0 heterocycles. The van der Waals surface area contributed by atoms with Crippen molar-refractivity contribution >= 4 is 5.71 Å². The van der Waals surface area contributed by atoms with Gasteiger partial charge in [-0.3, -0.25) is 0 Å². The van der Waals surface area contributed by atoms with Crippen LogP contribution in [-0.4, -0.2) is 39.2 Å². The fraction of sp³-hybridized carbons (Fsp3) is 0.640. The largest absolute Gasteiger partial charge is 0.493 e. The van der Waals surface area contributed by atoms with Gasteiger partial charge in [0.05, 0.1) is 18.9 Å². The predicted octanol–water partition coefficient (Wildman–Crippen LogP) is 6.41. The van der Waals surface area contributed by atoms with Crippen molar-refractivity contribution in [1.29, 1.82) is 0 Å². The lowest BCUT2D eigenvalue weighted by molar-refractivity contribution is 0.135. The summed E-state index contributed by atoms with van der Waals surface area (Å²) in [4.78, 5) is 4.73. The monoisotopic (exact) mass is 419 g/mol. The van der Waals surface area contributed by atoms with E-state index in [2.05, 4.69) is 31.1 Å². The van der Waals surface area contributed by atoms with E-state index in [0.717, 1.165) is 67.4 Å². The Morgan fingerprint density at radius 3 is 2.17 bits per heavy atom. The van der Waals surface area contributed by atoms with Crippen molar-refractivity contribution in [3.63, 3.8) is 0 Å². The third-order valence-corrected chi connectivity index (χ3v) is 4.80. The quantitative estimate of drug-likeness (QED) is 0.127. The van der Waals surface area contributed by atoms with E-state index in [-0.39, 0.29) is 0 Å². The summed E-state index contributed by atoms with van der Waals surface area (Å²) in [7, 11) is 1.57. The molecule has 5 heteroatoms. The molecule has 1 aromatic carbocycles. The van der Waals surface area contributed by atoms with Gasteiger partial charge in [0.25, 0.3) is 0 Å². The molecular formula is C25H41NO4. The topological polar surface area (TPSA) is 49.3 Å². The van der Waals surface area contributed by atoms with E-state index < -0.39 is 0 Å². The first-order valence-corrected chi connectivity index (χ1v) is 11.2. The molecule has 30 heavy (non-hydrogen) atoms. The number of rotatable bonds is 17. The van der Waals surface area contributed by atoms with E-state index in [1.807, 2.05) is 26.0 Å². The lowest BCUT2D eigenvalue weighted by Gasteiger charge is -2.14. The molecule has 0 saturated heterocycles. The maximum absolute atomic E-state index is 6.05. The van der Waals surface area contributed by atoms with E-state index in [1.54, 1.807) is 7.11 Å². The second-order valence-corrected chi connectivity index (χ2v) is 7.61. The summed E-state index contributed by atoms with van der Waals surface area (Å²) in [6, 6.07) is 4.11. The minimum atomic E-state index is 0.602. The molecule has 0 aliphatic carbocycles. The highest BCUT2D eigenvalue weighted by molar-refractivity contribution is 5.81. The van der Waals surface area contributed by atoms with Gasteiger partial charge in [-0.1, -0.05) is 43.0 Å². The fourth-order valence-corrected chi connectivity index (χ4v) is 3.17. The van der Waals surface area contributed by atoms with Gasteiger partial charge in [-0.15, -0.1) is 0 Å². The Balaban J connectivity index is 2.07. The minimum absolute atomic E-state index is 0.602. The molecule has 1 rings (SSSR count). The van der Waals surface area contributed by atoms with E-state index in [1.165, 1.54) is 25.7 Å². The van der Waals surface area contributed by atoms with Crippen molar-refractivity contribution in [2.45, 2.75) is 72.6 Å². The van der Waals surface area contributed by atoms with Crippen molar-refractivity contribution in [2.75, 3.05) is 33.5 Å². The van der Waals surface area contributed by atoms with Crippen LogP contribution in [0.25, 0.3) is 0 Å². The molecule has 170 valence electrons.